The van der Waals surface area contributed by atoms with Gasteiger partial charge in [0.2, 0.25) is 0 Å². The monoisotopic (exact) mass is 223 g/mol. The van der Waals surface area contributed by atoms with Gasteiger partial charge < -0.3 is 5.32 Å². The maximum atomic E-state index is 11.5. The predicted molar refractivity (Wildman–Crippen MR) is 59.8 cm³/mol. The zero-order valence-corrected chi connectivity index (χ0v) is 9.03. The first-order valence-corrected chi connectivity index (χ1v) is 5.96. The summed E-state index contributed by atoms with van der Waals surface area (Å²) in [5.74, 6) is 0.00778. The Kier molecular flexibility index (Phi) is 2.96. The fourth-order valence-electron chi connectivity index (χ4n) is 1.08. The van der Waals surface area contributed by atoms with Crippen LogP contribution in [0, 0.1) is 0 Å². The smallest absolute Gasteiger partial charge is 0.261 e. The third-order valence-corrected chi connectivity index (χ3v) is 3.49. The lowest BCUT2D eigenvalue weighted by Gasteiger charge is -2.00. The lowest BCUT2D eigenvalue weighted by Crippen LogP contribution is -2.21. The van der Waals surface area contributed by atoms with Crippen LogP contribution in [0.15, 0.2) is 35.0 Å². The summed E-state index contributed by atoms with van der Waals surface area (Å²) in [6.45, 7) is 0.619. The van der Waals surface area contributed by atoms with Gasteiger partial charge in [-0.25, -0.2) is 0 Å². The van der Waals surface area contributed by atoms with Crippen molar-refractivity contribution in [3.05, 3.63) is 44.8 Å². The van der Waals surface area contributed by atoms with E-state index >= 15 is 0 Å². The molecule has 0 atom stereocenters. The van der Waals surface area contributed by atoms with Gasteiger partial charge >= 0.3 is 0 Å². The van der Waals surface area contributed by atoms with Crippen LogP contribution in [-0.2, 0) is 6.54 Å². The summed E-state index contributed by atoms with van der Waals surface area (Å²) in [5, 5.41) is 6.78. The number of carbonyl (C=O) groups excluding carboxylic acids is 1. The van der Waals surface area contributed by atoms with Crippen LogP contribution in [0.4, 0.5) is 0 Å². The van der Waals surface area contributed by atoms with Gasteiger partial charge in [0.25, 0.3) is 5.91 Å². The largest absolute Gasteiger partial charge is 0.346 e. The van der Waals surface area contributed by atoms with Crippen LogP contribution in [-0.4, -0.2) is 5.91 Å². The SMILES string of the molecule is O=C(NCc1cccs1)c1cccs1. The van der Waals surface area contributed by atoms with Crippen molar-refractivity contribution in [2.24, 2.45) is 0 Å². The fourth-order valence-corrected chi connectivity index (χ4v) is 2.36. The van der Waals surface area contributed by atoms with Crippen molar-refractivity contribution in [2.75, 3.05) is 0 Å². The van der Waals surface area contributed by atoms with Gasteiger partial charge in [-0.2, -0.15) is 0 Å². The van der Waals surface area contributed by atoms with E-state index in [1.165, 1.54) is 16.2 Å². The number of rotatable bonds is 3. The van der Waals surface area contributed by atoms with E-state index in [0.29, 0.717) is 6.54 Å². The van der Waals surface area contributed by atoms with Gasteiger partial charge in [0.1, 0.15) is 0 Å². The zero-order valence-electron chi connectivity index (χ0n) is 7.40. The predicted octanol–water partition coefficient (Wildman–Crippen LogP) is 2.74. The molecular weight excluding hydrogens is 214 g/mol. The lowest BCUT2D eigenvalue weighted by molar-refractivity contribution is 0.0955. The number of carbonyl (C=O) groups is 1. The Morgan fingerprint density at radius 2 is 2.00 bits per heavy atom. The Labute approximate surface area is 90.2 Å². The molecule has 2 aromatic rings. The quantitative estimate of drug-likeness (QED) is 0.851. The highest BCUT2D eigenvalue weighted by atomic mass is 32.1. The van der Waals surface area contributed by atoms with E-state index in [9.17, 15) is 4.79 Å². The molecule has 0 aromatic carbocycles. The molecule has 2 aromatic heterocycles. The van der Waals surface area contributed by atoms with Crippen LogP contribution >= 0.6 is 22.7 Å². The molecule has 0 spiro atoms. The van der Waals surface area contributed by atoms with Gasteiger partial charge in [-0.05, 0) is 22.9 Å². The molecule has 1 amide bonds. The van der Waals surface area contributed by atoms with Crippen molar-refractivity contribution < 1.29 is 4.79 Å². The topological polar surface area (TPSA) is 29.1 Å². The van der Waals surface area contributed by atoms with Crippen LogP contribution in [0.25, 0.3) is 0 Å². The summed E-state index contributed by atoms with van der Waals surface area (Å²) < 4.78 is 0. The second-order valence-corrected chi connectivity index (χ2v) is 4.72. The van der Waals surface area contributed by atoms with Crippen molar-refractivity contribution in [2.45, 2.75) is 6.54 Å². The molecule has 4 heteroatoms. The average Bonchev–Trinajstić information content (AvgIpc) is 2.87. The van der Waals surface area contributed by atoms with Crippen molar-refractivity contribution in [1.29, 1.82) is 0 Å². The summed E-state index contributed by atoms with van der Waals surface area (Å²) in [5.41, 5.74) is 0. The maximum absolute atomic E-state index is 11.5. The van der Waals surface area contributed by atoms with Crippen molar-refractivity contribution >= 4 is 28.6 Å². The zero-order chi connectivity index (χ0) is 9.80. The number of thiophene rings is 2. The molecule has 0 radical (unpaired) electrons. The molecule has 0 unspecified atom stereocenters. The number of hydrogen-bond acceptors (Lipinski definition) is 3. The van der Waals surface area contributed by atoms with Crippen LogP contribution in [0.1, 0.15) is 14.5 Å². The Morgan fingerprint density at radius 1 is 1.21 bits per heavy atom. The van der Waals surface area contributed by atoms with Gasteiger partial charge in [0.15, 0.2) is 0 Å². The highest BCUT2D eigenvalue weighted by molar-refractivity contribution is 7.12. The summed E-state index contributed by atoms with van der Waals surface area (Å²) in [7, 11) is 0. The second kappa shape index (κ2) is 4.39. The summed E-state index contributed by atoms with van der Waals surface area (Å²) in [6, 6.07) is 7.70. The van der Waals surface area contributed by atoms with Crippen LogP contribution in [0.2, 0.25) is 0 Å². The van der Waals surface area contributed by atoms with E-state index in [4.69, 9.17) is 0 Å². The normalized spacial score (nSPS) is 10.0. The first-order chi connectivity index (χ1) is 6.86. The highest BCUT2D eigenvalue weighted by Gasteiger charge is 2.05. The van der Waals surface area contributed by atoms with Crippen molar-refractivity contribution in [3.8, 4) is 0 Å². The van der Waals surface area contributed by atoms with Gasteiger partial charge in [-0.1, -0.05) is 12.1 Å². The van der Waals surface area contributed by atoms with Crippen LogP contribution in [0.5, 0.6) is 0 Å². The molecule has 0 saturated heterocycles. The van der Waals surface area contributed by atoms with E-state index in [2.05, 4.69) is 5.32 Å². The first kappa shape index (κ1) is 9.43. The Balaban J connectivity index is 1.90. The van der Waals surface area contributed by atoms with Gasteiger partial charge in [-0.3, -0.25) is 4.79 Å². The molecule has 0 fully saturated rings. The third-order valence-electron chi connectivity index (χ3n) is 1.75. The average molecular weight is 223 g/mol. The molecule has 72 valence electrons. The van der Waals surface area contributed by atoms with E-state index in [0.717, 1.165) is 4.88 Å². The minimum Gasteiger partial charge on any atom is -0.346 e. The summed E-state index contributed by atoms with van der Waals surface area (Å²) in [4.78, 5) is 13.4. The van der Waals surface area contributed by atoms with E-state index in [1.54, 1.807) is 11.3 Å². The number of nitrogens with one attached hydrogen (secondary N) is 1. The molecule has 2 rings (SSSR count). The Hall–Kier alpha value is -1.13. The molecule has 2 nitrogen and oxygen atoms in total. The van der Waals surface area contributed by atoms with E-state index in [-0.39, 0.29) is 5.91 Å². The summed E-state index contributed by atoms with van der Waals surface area (Å²) >= 11 is 3.11. The van der Waals surface area contributed by atoms with Crippen LogP contribution < -0.4 is 5.32 Å². The molecule has 14 heavy (non-hydrogen) atoms. The maximum Gasteiger partial charge on any atom is 0.261 e. The summed E-state index contributed by atoms with van der Waals surface area (Å²) in [6.07, 6.45) is 0. The standard InChI is InChI=1S/C10H9NOS2/c12-10(9-4-2-6-14-9)11-7-8-3-1-5-13-8/h1-6H,7H2,(H,11,12). The molecule has 0 bridgehead atoms. The number of amides is 1. The van der Waals surface area contributed by atoms with Crippen LogP contribution in [0.3, 0.4) is 0 Å². The van der Waals surface area contributed by atoms with E-state index < -0.39 is 0 Å². The van der Waals surface area contributed by atoms with Gasteiger partial charge in [0.05, 0.1) is 11.4 Å². The van der Waals surface area contributed by atoms with Crippen molar-refractivity contribution in [1.82, 2.24) is 5.32 Å². The Bertz CT molecular complexity index is 392. The minimum atomic E-state index is 0.00778. The molecule has 0 aliphatic rings. The Morgan fingerprint density at radius 3 is 2.64 bits per heavy atom. The molecule has 0 saturated carbocycles. The molecule has 0 aliphatic heterocycles. The second-order valence-electron chi connectivity index (χ2n) is 2.74. The first-order valence-electron chi connectivity index (χ1n) is 4.20. The fraction of sp³-hybridized carbons (Fsp3) is 0.100. The van der Waals surface area contributed by atoms with Gasteiger partial charge in [-0.15, -0.1) is 22.7 Å². The third kappa shape index (κ3) is 2.21. The highest BCUT2D eigenvalue weighted by Crippen LogP contribution is 2.10. The minimum absolute atomic E-state index is 0.00778. The van der Waals surface area contributed by atoms with Gasteiger partial charge in [0, 0.05) is 4.88 Å². The molecule has 1 N–H and O–H groups in total. The van der Waals surface area contributed by atoms with E-state index in [1.807, 2.05) is 35.0 Å². The lowest BCUT2D eigenvalue weighted by atomic mass is 10.4. The van der Waals surface area contributed by atoms with Crippen molar-refractivity contribution in [3.63, 3.8) is 0 Å². The molecule has 0 aliphatic carbocycles. The molecular formula is C10H9NOS2. The molecule has 2 heterocycles. The number of hydrogen-bond donors (Lipinski definition) is 1.